The van der Waals surface area contributed by atoms with Crippen LogP contribution < -0.4 is 15.2 Å². The van der Waals surface area contributed by atoms with Crippen LogP contribution in [0.5, 0.6) is 11.5 Å². The lowest BCUT2D eigenvalue weighted by Crippen LogP contribution is -2.13. The van der Waals surface area contributed by atoms with Crippen LogP contribution in [-0.2, 0) is 12.5 Å². The number of ether oxygens (including phenoxy) is 2. The summed E-state index contributed by atoms with van der Waals surface area (Å²) in [6.07, 6.45) is 1.74. The number of methoxy groups -OCH3 is 2. The van der Waals surface area contributed by atoms with Gasteiger partial charge in [-0.15, -0.1) is 0 Å². The molecule has 114 valence electrons. The van der Waals surface area contributed by atoms with Crippen LogP contribution in [-0.4, -0.2) is 24.0 Å². The molecule has 1 heterocycles. The first-order chi connectivity index (χ1) is 9.79. The zero-order chi connectivity index (χ0) is 15.8. The van der Waals surface area contributed by atoms with Crippen molar-refractivity contribution in [3.05, 3.63) is 23.9 Å². The number of aromatic nitrogens is 2. The summed E-state index contributed by atoms with van der Waals surface area (Å²) in [5.41, 5.74) is 8.85. The molecule has 0 saturated heterocycles. The molecule has 5 nitrogen and oxygen atoms in total. The van der Waals surface area contributed by atoms with E-state index in [4.69, 9.17) is 15.2 Å². The van der Waals surface area contributed by atoms with Crippen molar-refractivity contribution in [3.8, 4) is 22.6 Å². The Bertz CT molecular complexity index is 654. The molecule has 1 aromatic heterocycles. The Morgan fingerprint density at radius 2 is 1.67 bits per heavy atom. The van der Waals surface area contributed by atoms with Crippen LogP contribution in [0.1, 0.15) is 26.3 Å². The standard InChI is InChI=1S/C16H23N3O2/c1-16(2,3)12-8-13(20-5)10(7-14(12)21-6)11-9-18-19(4)15(11)17/h7-9H,17H2,1-6H3. The van der Waals surface area contributed by atoms with Gasteiger partial charge in [-0.05, 0) is 17.5 Å². The van der Waals surface area contributed by atoms with Crippen LogP contribution in [0, 0.1) is 0 Å². The van der Waals surface area contributed by atoms with Gasteiger partial charge in [-0.2, -0.15) is 5.10 Å². The molecule has 21 heavy (non-hydrogen) atoms. The van der Waals surface area contributed by atoms with Gasteiger partial charge < -0.3 is 15.2 Å². The third-order valence-electron chi connectivity index (χ3n) is 3.60. The number of rotatable bonds is 3. The van der Waals surface area contributed by atoms with Gasteiger partial charge in [0.2, 0.25) is 0 Å². The summed E-state index contributed by atoms with van der Waals surface area (Å²) in [4.78, 5) is 0. The second-order valence-corrected chi connectivity index (χ2v) is 6.07. The Labute approximate surface area is 125 Å². The largest absolute Gasteiger partial charge is 0.496 e. The smallest absolute Gasteiger partial charge is 0.129 e. The molecule has 0 fully saturated rings. The molecule has 0 unspecified atom stereocenters. The van der Waals surface area contributed by atoms with Crippen LogP contribution in [0.15, 0.2) is 18.3 Å². The molecule has 0 aliphatic carbocycles. The number of nitrogens with zero attached hydrogens (tertiary/aromatic N) is 2. The molecule has 0 saturated carbocycles. The van der Waals surface area contributed by atoms with Crippen molar-refractivity contribution in [1.29, 1.82) is 0 Å². The van der Waals surface area contributed by atoms with Crippen molar-refractivity contribution in [2.24, 2.45) is 7.05 Å². The van der Waals surface area contributed by atoms with E-state index in [1.54, 1.807) is 25.1 Å². The van der Waals surface area contributed by atoms with Crippen LogP contribution >= 0.6 is 0 Å². The van der Waals surface area contributed by atoms with Gasteiger partial charge in [0.15, 0.2) is 0 Å². The van der Waals surface area contributed by atoms with Crippen molar-refractivity contribution in [3.63, 3.8) is 0 Å². The highest BCUT2D eigenvalue weighted by atomic mass is 16.5. The monoisotopic (exact) mass is 289 g/mol. The lowest BCUT2D eigenvalue weighted by molar-refractivity contribution is 0.389. The number of hydrogen-bond donors (Lipinski definition) is 1. The number of anilines is 1. The molecular weight excluding hydrogens is 266 g/mol. The summed E-state index contributed by atoms with van der Waals surface area (Å²) in [5.74, 6) is 2.18. The minimum Gasteiger partial charge on any atom is -0.496 e. The SMILES string of the molecule is COc1cc(C(C)(C)C)c(OC)cc1-c1cnn(C)c1N. The van der Waals surface area contributed by atoms with Crippen LogP contribution in [0.4, 0.5) is 5.82 Å². The van der Waals surface area contributed by atoms with Crippen molar-refractivity contribution >= 4 is 5.82 Å². The predicted octanol–water partition coefficient (Wildman–Crippen LogP) is 2.98. The Morgan fingerprint density at radius 1 is 1.05 bits per heavy atom. The van der Waals surface area contributed by atoms with E-state index in [2.05, 4.69) is 25.9 Å². The van der Waals surface area contributed by atoms with Gasteiger partial charge in [0.25, 0.3) is 0 Å². The number of aryl methyl sites for hydroxylation is 1. The Balaban J connectivity index is 2.70. The van der Waals surface area contributed by atoms with Crippen molar-refractivity contribution in [1.82, 2.24) is 9.78 Å². The van der Waals surface area contributed by atoms with E-state index in [1.165, 1.54) is 0 Å². The van der Waals surface area contributed by atoms with Crippen molar-refractivity contribution in [2.45, 2.75) is 26.2 Å². The van der Waals surface area contributed by atoms with Gasteiger partial charge in [-0.1, -0.05) is 20.8 Å². The fraction of sp³-hybridized carbons (Fsp3) is 0.438. The number of nitrogen functional groups attached to an aromatic ring is 1. The van der Waals surface area contributed by atoms with E-state index in [0.717, 1.165) is 28.2 Å². The fourth-order valence-corrected chi connectivity index (χ4v) is 2.35. The van der Waals surface area contributed by atoms with Crippen LogP contribution in [0.3, 0.4) is 0 Å². The number of nitrogens with two attached hydrogens (primary N) is 1. The summed E-state index contributed by atoms with van der Waals surface area (Å²) in [6.45, 7) is 6.42. The highest BCUT2D eigenvalue weighted by Crippen LogP contribution is 2.42. The lowest BCUT2D eigenvalue weighted by atomic mass is 9.85. The van der Waals surface area contributed by atoms with Crippen molar-refractivity contribution < 1.29 is 9.47 Å². The third kappa shape index (κ3) is 2.68. The number of benzene rings is 1. The van der Waals surface area contributed by atoms with Gasteiger partial charge in [0.05, 0.1) is 20.4 Å². The van der Waals surface area contributed by atoms with Gasteiger partial charge in [-0.3, -0.25) is 4.68 Å². The molecule has 0 radical (unpaired) electrons. The molecule has 0 bridgehead atoms. The summed E-state index contributed by atoms with van der Waals surface area (Å²) in [5, 5.41) is 4.19. The maximum absolute atomic E-state index is 6.08. The molecule has 0 atom stereocenters. The Hall–Kier alpha value is -2.17. The fourth-order valence-electron chi connectivity index (χ4n) is 2.35. The minimum atomic E-state index is -0.0440. The highest BCUT2D eigenvalue weighted by molar-refractivity contribution is 5.80. The van der Waals surface area contributed by atoms with Crippen LogP contribution in [0.25, 0.3) is 11.1 Å². The molecular formula is C16H23N3O2. The summed E-state index contributed by atoms with van der Waals surface area (Å²) < 4.78 is 12.7. The summed E-state index contributed by atoms with van der Waals surface area (Å²) >= 11 is 0. The first kappa shape index (κ1) is 15.2. The molecule has 0 aliphatic heterocycles. The van der Waals surface area contributed by atoms with Gasteiger partial charge >= 0.3 is 0 Å². The van der Waals surface area contributed by atoms with E-state index < -0.39 is 0 Å². The average molecular weight is 289 g/mol. The molecule has 0 aliphatic rings. The normalized spacial score (nSPS) is 11.5. The maximum Gasteiger partial charge on any atom is 0.129 e. The minimum absolute atomic E-state index is 0.0440. The topological polar surface area (TPSA) is 62.3 Å². The number of hydrogen-bond acceptors (Lipinski definition) is 4. The van der Waals surface area contributed by atoms with E-state index in [0.29, 0.717) is 5.82 Å². The van der Waals surface area contributed by atoms with E-state index in [1.807, 2.05) is 19.2 Å². The molecule has 0 spiro atoms. The van der Waals surface area contributed by atoms with Crippen LogP contribution in [0.2, 0.25) is 0 Å². The Kier molecular flexibility index (Phi) is 3.85. The third-order valence-corrected chi connectivity index (χ3v) is 3.60. The molecule has 2 rings (SSSR count). The molecule has 1 aromatic carbocycles. The maximum atomic E-state index is 6.08. The summed E-state index contributed by atoms with van der Waals surface area (Å²) in [6, 6.07) is 3.98. The first-order valence-electron chi connectivity index (χ1n) is 6.84. The van der Waals surface area contributed by atoms with Crippen molar-refractivity contribution in [2.75, 3.05) is 20.0 Å². The zero-order valence-electron chi connectivity index (χ0n) is 13.5. The quantitative estimate of drug-likeness (QED) is 0.943. The van der Waals surface area contributed by atoms with E-state index >= 15 is 0 Å². The summed E-state index contributed by atoms with van der Waals surface area (Å²) in [7, 11) is 5.14. The Morgan fingerprint density at radius 3 is 2.10 bits per heavy atom. The predicted molar refractivity (Wildman–Crippen MR) is 84.9 cm³/mol. The molecule has 2 N–H and O–H groups in total. The first-order valence-corrected chi connectivity index (χ1v) is 6.84. The second kappa shape index (κ2) is 5.31. The van der Waals surface area contributed by atoms with E-state index in [-0.39, 0.29) is 5.41 Å². The lowest BCUT2D eigenvalue weighted by Gasteiger charge is -2.24. The van der Waals surface area contributed by atoms with Gasteiger partial charge in [0.1, 0.15) is 17.3 Å². The average Bonchev–Trinajstić information content (AvgIpc) is 2.76. The molecule has 5 heteroatoms. The second-order valence-electron chi connectivity index (χ2n) is 6.07. The highest BCUT2D eigenvalue weighted by Gasteiger charge is 2.23. The van der Waals surface area contributed by atoms with Gasteiger partial charge in [0, 0.05) is 23.7 Å². The van der Waals surface area contributed by atoms with E-state index in [9.17, 15) is 0 Å². The molecule has 0 amide bonds. The van der Waals surface area contributed by atoms with Gasteiger partial charge in [-0.25, -0.2) is 0 Å². The molecule has 2 aromatic rings. The zero-order valence-corrected chi connectivity index (χ0v) is 13.5.